The standard InChI is InChI=1S/C10H10ClN3S/c1-6-8(11)4-3-5-9(6)14-7(2)12-13-10(14)15/h3-5H,1-2H3,(H,13,15). The van der Waals surface area contributed by atoms with Crippen molar-refractivity contribution in [1.82, 2.24) is 14.8 Å². The molecule has 0 saturated carbocycles. The third-order valence-corrected chi connectivity index (χ3v) is 3.00. The van der Waals surface area contributed by atoms with Gasteiger partial charge in [0.25, 0.3) is 0 Å². The summed E-state index contributed by atoms with van der Waals surface area (Å²) in [4.78, 5) is 0. The second-order valence-corrected chi connectivity index (χ2v) is 4.09. The van der Waals surface area contributed by atoms with Gasteiger partial charge in [0.2, 0.25) is 0 Å². The van der Waals surface area contributed by atoms with Crippen molar-refractivity contribution in [2.45, 2.75) is 13.8 Å². The van der Waals surface area contributed by atoms with Gasteiger partial charge in [-0.05, 0) is 43.8 Å². The molecule has 3 nitrogen and oxygen atoms in total. The van der Waals surface area contributed by atoms with E-state index in [0.29, 0.717) is 4.77 Å². The quantitative estimate of drug-likeness (QED) is 0.776. The molecule has 0 fully saturated rings. The predicted octanol–water partition coefficient (Wildman–Crippen LogP) is 3.20. The minimum absolute atomic E-state index is 0.581. The van der Waals surface area contributed by atoms with Crippen molar-refractivity contribution in [3.8, 4) is 5.69 Å². The molecule has 78 valence electrons. The molecular weight excluding hydrogens is 230 g/mol. The lowest BCUT2D eigenvalue weighted by Crippen LogP contribution is -1.99. The van der Waals surface area contributed by atoms with E-state index in [9.17, 15) is 0 Å². The Balaban J connectivity index is 2.75. The van der Waals surface area contributed by atoms with Gasteiger partial charge in [-0.15, -0.1) is 0 Å². The van der Waals surface area contributed by atoms with Crippen LogP contribution in [-0.4, -0.2) is 14.8 Å². The molecule has 0 atom stereocenters. The van der Waals surface area contributed by atoms with E-state index >= 15 is 0 Å². The first-order valence-corrected chi connectivity index (χ1v) is 5.29. The Bertz CT molecular complexity index is 556. The van der Waals surface area contributed by atoms with Gasteiger partial charge >= 0.3 is 0 Å². The van der Waals surface area contributed by atoms with Crippen LogP contribution in [-0.2, 0) is 0 Å². The molecule has 15 heavy (non-hydrogen) atoms. The highest BCUT2D eigenvalue weighted by atomic mass is 35.5. The lowest BCUT2D eigenvalue weighted by molar-refractivity contribution is 0.954. The summed E-state index contributed by atoms with van der Waals surface area (Å²) in [6, 6.07) is 5.73. The van der Waals surface area contributed by atoms with E-state index in [0.717, 1.165) is 22.1 Å². The monoisotopic (exact) mass is 239 g/mol. The van der Waals surface area contributed by atoms with Crippen LogP contribution >= 0.6 is 23.8 Å². The first-order chi connectivity index (χ1) is 7.11. The maximum Gasteiger partial charge on any atom is 0.199 e. The Morgan fingerprint density at radius 2 is 2.13 bits per heavy atom. The lowest BCUT2D eigenvalue weighted by Gasteiger charge is -2.08. The second-order valence-electron chi connectivity index (χ2n) is 3.30. The van der Waals surface area contributed by atoms with Gasteiger partial charge < -0.3 is 0 Å². The number of aromatic amines is 1. The number of nitrogens with one attached hydrogen (secondary N) is 1. The summed E-state index contributed by atoms with van der Waals surface area (Å²) in [5.41, 5.74) is 1.97. The van der Waals surface area contributed by atoms with E-state index < -0.39 is 0 Å². The van der Waals surface area contributed by atoms with Gasteiger partial charge in [0, 0.05) is 5.02 Å². The van der Waals surface area contributed by atoms with Crippen LogP contribution in [0.2, 0.25) is 5.02 Å². The molecular formula is C10H10ClN3S. The first kappa shape index (κ1) is 10.4. The highest BCUT2D eigenvalue weighted by Gasteiger charge is 2.08. The molecule has 0 spiro atoms. The number of rotatable bonds is 1. The SMILES string of the molecule is Cc1c(Cl)cccc1-n1c(C)n[nH]c1=S. The van der Waals surface area contributed by atoms with Crippen molar-refractivity contribution in [3.63, 3.8) is 0 Å². The summed E-state index contributed by atoms with van der Waals surface area (Å²) in [6.45, 7) is 3.86. The third-order valence-electron chi connectivity index (χ3n) is 2.32. The normalized spacial score (nSPS) is 10.6. The molecule has 0 unspecified atom stereocenters. The van der Waals surface area contributed by atoms with Crippen LogP contribution in [0.1, 0.15) is 11.4 Å². The maximum atomic E-state index is 6.06. The molecule has 0 saturated heterocycles. The van der Waals surface area contributed by atoms with Gasteiger partial charge in [-0.1, -0.05) is 17.7 Å². The maximum absolute atomic E-state index is 6.06. The van der Waals surface area contributed by atoms with Crippen molar-refractivity contribution < 1.29 is 0 Å². The molecule has 0 aliphatic rings. The molecule has 0 amide bonds. The molecule has 2 rings (SSSR count). The van der Waals surface area contributed by atoms with E-state index in [1.165, 1.54) is 0 Å². The predicted molar refractivity (Wildman–Crippen MR) is 63.2 cm³/mol. The van der Waals surface area contributed by atoms with Crippen LogP contribution in [0.5, 0.6) is 0 Å². The van der Waals surface area contributed by atoms with Crippen molar-refractivity contribution in [3.05, 3.63) is 39.4 Å². The molecule has 0 radical (unpaired) electrons. The number of H-pyrrole nitrogens is 1. The fourth-order valence-electron chi connectivity index (χ4n) is 1.50. The molecule has 5 heteroatoms. The van der Waals surface area contributed by atoms with Crippen molar-refractivity contribution in [2.75, 3.05) is 0 Å². The van der Waals surface area contributed by atoms with E-state index in [2.05, 4.69) is 10.2 Å². The topological polar surface area (TPSA) is 33.6 Å². The Morgan fingerprint density at radius 3 is 2.73 bits per heavy atom. The van der Waals surface area contributed by atoms with Crippen LogP contribution in [0.15, 0.2) is 18.2 Å². The Kier molecular flexibility index (Phi) is 2.63. The fraction of sp³-hybridized carbons (Fsp3) is 0.200. The van der Waals surface area contributed by atoms with Crippen LogP contribution in [0.25, 0.3) is 5.69 Å². The van der Waals surface area contributed by atoms with E-state index in [-0.39, 0.29) is 0 Å². The molecule has 1 heterocycles. The number of aryl methyl sites for hydroxylation is 1. The van der Waals surface area contributed by atoms with Gasteiger partial charge in [-0.2, -0.15) is 5.10 Å². The van der Waals surface area contributed by atoms with Crippen LogP contribution in [0, 0.1) is 18.6 Å². The molecule has 1 aromatic carbocycles. The summed E-state index contributed by atoms with van der Waals surface area (Å²) < 4.78 is 2.45. The van der Waals surface area contributed by atoms with Crippen molar-refractivity contribution in [1.29, 1.82) is 0 Å². The van der Waals surface area contributed by atoms with Gasteiger partial charge in [0.1, 0.15) is 5.82 Å². The summed E-state index contributed by atoms with van der Waals surface area (Å²) in [5, 5.41) is 7.55. The third kappa shape index (κ3) is 1.70. The lowest BCUT2D eigenvalue weighted by atomic mass is 10.2. The Morgan fingerprint density at radius 1 is 1.40 bits per heavy atom. The smallest absolute Gasteiger partial charge is 0.199 e. The largest absolute Gasteiger partial charge is 0.272 e. The molecule has 1 aromatic heterocycles. The van der Waals surface area contributed by atoms with E-state index in [1.54, 1.807) is 0 Å². The molecule has 2 aromatic rings. The average molecular weight is 240 g/mol. The molecule has 1 N–H and O–H groups in total. The van der Waals surface area contributed by atoms with Crippen molar-refractivity contribution >= 4 is 23.8 Å². The summed E-state index contributed by atoms with van der Waals surface area (Å²) in [5.74, 6) is 0.824. The number of benzene rings is 1. The number of hydrogen-bond acceptors (Lipinski definition) is 2. The zero-order chi connectivity index (χ0) is 11.0. The highest BCUT2D eigenvalue weighted by Crippen LogP contribution is 2.22. The minimum Gasteiger partial charge on any atom is -0.272 e. The minimum atomic E-state index is 0.581. The van der Waals surface area contributed by atoms with Crippen LogP contribution in [0.4, 0.5) is 0 Å². The second kappa shape index (κ2) is 3.79. The van der Waals surface area contributed by atoms with Crippen molar-refractivity contribution in [2.24, 2.45) is 0 Å². The Labute approximate surface area is 97.7 Å². The molecule has 0 bridgehead atoms. The number of nitrogens with zero attached hydrogens (tertiary/aromatic N) is 2. The molecule has 0 aliphatic heterocycles. The summed E-state index contributed by atoms with van der Waals surface area (Å²) in [6.07, 6.45) is 0. The van der Waals surface area contributed by atoms with E-state index in [4.69, 9.17) is 23.8 Å². The average Bonchev–Trinajstić information content (AvgIpc) is 2.52. The van der Waals surface area contributed by atoms with Gasteiger partial charge in [0.15, 0.2) is 4.77 Å². The van der Waals surface area contributed by atoms with Crippen LogP contribution < -0.4 is 0 Å². The number of hydrogen-bond donors (Lipinski definition) is 1. The molecule has 0 aliphatic carbocycles. The van der Waals surface area contributed by atoms with Gasteiger partial charge in [-0.3, -0.25) is 9.67 Å². The highest BCUT2D eigenvalue weighted by molar-refractivity contribution is 7.71. The summed E-state index contributed by atoms with van der Waals surface area (Å²) >= 11 is 11.2. The number of halogens is 1. The summed E-state index contributed by atoms with van der Waals surface area (Å²) in [7, 11) is 0. The van der Waals surface area contributed by atoms with Crippen LogP contribution in [0.3, 0.4) is 0 Å². The van der Waals surface area contributed by atoms with Gasteiger partial charge in [0.05, 0.1) is 5.69 Å². The van der Waals surface area contributed by atoms with Gasteiger partial charge in [-0.25, -0.2) is 0 Å². The Hall–Kier alpha value is -1.13. The zero-order valence-corrected chi connectivity index (χ0v) is 9.99. The number of aromatic nitrogens is 3. The zero-order valence-electron chi connectivity index (χ0n) is 8.41. The van der Waals surface area contributed by atoms with E-state index in [1.807, 2.05) is 36.6 Å². The fourth-order valence-corrected chi connectivity index (χ4v) is 1.94. The first-order valence-electron chi connectivity index (χ1n) is 4.51.